The number of hydrogen-bond acceptors (Lipinski definition) is 5. The fourth-order valence-corrected chi connectivity index (χ4v) is 3.85. The van der Waals surface area contributed by atoms with Gasteiger partial charge in [0.1, 0.15) is 10.9 Å². The number of aromatic nitrogens is 2. The number of aryl methyl sites for hydroxylation is 2. The highest BCUT2D eigenvalue weighted by atomic mass is 35.5. The van der Waals surface area contributed by atoms with Gasteiger partial charge in [0.2, 0.25) is 5.91 Å². The first-order chi connectivity index (χ1) is 14.7. The zero-order valence-corrected chi connectivity index (χ0v) is 19.1. The summed E-state index contributed by atoms with van der Waals surface area (Å²) in [5.41, 5.74) is 6.58. The summed E-state index contributed by atoms with van der Waals surface area (Å²) >= 11 is 12.2. The Morgan fingerprint density at radius 1 is 1.26 bits per heavy atom. The smallest absolute Gasteiger partial charge is 0.264 e. The molecule has 0 unspecified atom stereocenters. The lowest BCUT2D eigenvalue weighted by atomic mass is 9.98. The van der Waals surface area contributed by atoms with Crippen LogP contribution < -0.4 is 10.7 Å². The number of amides is 2. The van der Waals surface area contributed by atoms with E-state index >= 15 is 0 Å². The van der Waals surface area contributed by atoms with Gasteiger partial charge in [0.25, 0.3) is 5.91 Å². The molecule has 0 atom stereocenters. The van der Waals surface area contributed by atoms with Gasteiger partial charge in [-0.1, -0.05) is 28.8 Å². The number of rotatable bonds is 7. The SMILES string of the molecule is CC1=C(CC(=O)NCc2cc(Cl)ccc2O)C(=O)N(NCc2c(C)nn(C)c2Cl)CC1. The van der Waals surface area contributed by atoms with Crippen molar-refractivity contribution in [2.45, 2.75) is 39.8 Å². The van der Waals surface area contributed by atoms with Crippen LogP contribution >= 0.6 is 23.2 Å². The van der Waals surface area contributed by atoms with E-state index in [2.05, 4.69) is 15.8 Å². The maximum Gasteiger partial charge on any atom is 0.264 e. The van der Waals surface area contributed by atoms with E-state index in [1.807, 2.05) is 13.8 Å². The summed E-state index contributed by atoms with van der Waals surface area (Å²) < 4.78 is 1.59. The van der Waals surface area contributed by atoms with Gasteiger partial charge < -0.3 is 10.4 Å². The zero-order valence-electron chi connectivity index (χ0n) is 17.6. The molecule has 3 rings (SSSR count). The van der Waals surface area contributed by atoms with Crippen molar-refractivity contribution in [1.82, 2.24) is 25.5 Å². The minimum atomic E-state index is -0.310. The molecule has 0 saturated carbocycles. The molecule has 2 heterocycles. The summed E-state index contributed by atoms with van der Waals surface area (Å²) in [7, 11) is 1.76. The number of nitrogens with one attached hydrogen (secondary N) is 2. The molecule has 3 N–H and O–H groups in total. The van der Waals surface area contributed by atoms with Crippen molar-refractivity contribution in [3.8, 4) is 5.75 Å². The van der Waals surface area contributed by atoms with E-state index in [4.69, 9.17) is 23.2 Å². The lowest BCUT2D eigenvalue weighted by molar-refractivity contribution is -0.132. The molecule has 1 aliphatic heterocycles. The van der Waals surface area contributed by atoms with Crippen LogP contribution in [0.25, 0.3) is 0 Å². The molecule has 8 nitrogen and oxygen atoms in total. The summed E-state index contributed by atoms with van der Waals surface area (Å²) in [5, 5.41) is 19.4. The summed E-state index contributed by atoms with van der Waals surface area (Å²) in [5.74, 6) is -0.495. The number of phenols is 1. The van der Waals surface area contributed by atoms with Crippen LogP contribution in [-0.4, -0.2) is 38.3 Å². The number of halogens is 2. The number of aromatic hydroxyl groups is 1. The summed E-state index contributed by atoms with van der Waals surface area (Å²) in [6.45, 7) is 4.70. The molecule has 0 saturated heterocycles. The number of hydrazine groups is 1. The largest absolute Gasteiger partial charge is 0.508 e. The van der Waals surface area contributed by atoms with Crippen molar-refractivity contribution >= 4 is 35.0 Å². The number of carbonyl (C=O) groups excluding carboxylic acids is 2. The minimum absolute atomic E-state index is 0.0448. The molecule has 31 heavy (non-hydrogen) atoms. The minimum Gasteiger partial charge on any atom is -0.508 e. The summed E-state index contributed by atoms with van der Waals surface area (Å²) in [4.78, 5) is 25.4. The highest BCUT2D eigenvalue weighted by Gasteiger charge is 2.27. The highest BCUT2D eigenvalue weighted by Crippen LogP contribution is 2.24. The average Bonchev–Trinajstić information content (AvgIpc) is 2.96. The first kappa shape index (κ1) is 23.1. The normalized spacial score (nSPS) is 14.4. The van der Waals surface area contributed by atoms with Gasteiger partial charge in [-0.25, -0.2) is 5.43 Å². The Labute approximate surface area is 190 Å². The first-order valence-electron chi connectivity index (χ1n) is 9.83. The maximum absolute atomic E-state index is 13.0. The van der Waals surface area contributed by atoms with Crippen LogP contribution in [0.15, 0.2) is 29.3 Å². The molecule has 1 aromatic heterocycles. The zero-order chi connectivity index (χ0) is 22.7. The Morgan fingerprint density at radius 2 is 2.00 bits per heavy atom. The molecule has 1 aromatic carbocycles. The molecule has 166 valence electrons. The van der Waals surface area contributed by atoms with Crippen molar-refractivity contribution in [3.63, 3.8) is 0 Å². The van der Waals surface area contributed by atoms with Crippen molar-refractivity contribution < 1.29 is 14.7 Å². The lowest BCUT2D eigenvalue weighted by Gasteiger charge is -2.30. The van der Waals surface area contributed by atoms with E-state index in [0.29, 0.717) is 40.8 Å². The van der Waals surface area contributed by atoms with Crippen LogP contribution in [0.3, 0.4) is 0 Å². The molecule has 0 fully saturated rings. The second-order valence-corrected chi connectivity index (χ2v) is 8.30. The Balaban J connectivity index is 1.60. The van der Waals surface area contributed by atoms with Gasteiger partial charge in [-0.2, -0.15) is 5.10 Å². The molecule has 0 spiro atoms. The third-order valence-electron chi connectivity index (χ3n) is 5.30. The van der Waals surface area contributed by atoms with Gasteiger partial charge in [0.05, 0.1) is 12.1 Å². The molecular formula is C21H25Cl2N5O3. The number of phenolic OH excluding ortho intramolecular Hbond substituents is 1. The van der Waals surface area contributed by atoms with Gasteiger partial charge >= 0.3 is 0 Å². The highest BCUT2D eigenvalue weighted by molar-refractivity contribution is 6.30. The van der Waals surface area contributed by atoms with Crippen LogP contribution in [0.1, 0.15) is 36.6 Å². The molecule has 0 aliphatic carbocycles. The number of benzene rings is 1. The fourth-order valence-electron chi connectivity index (χ4n) is 3.42. The third-order valence-corrected chi connectivity index (χ3v) is 6.01. The Bertz CT molecular complexity index is 1050. The molecule has 0 radical (unpaired) electrons. The predicted octanol–water partition coefficient (Wildman–Crippen LogP) is 3.00. The van der Waals surface area contributed by atoms with Gasteiger partial charge in [-0.3, -0.25) is 19.3 Å². The van der Waals surface area contributed by atoms with E-state index < -0.39 is 0 Å². The second kappa shape index (κ2) is 9.72. The van der Waals surface area contributed by atoms with Crippen LogP contribution in [0, 0.1) is 6.92 Å². The second-order valence-electron chi connectivity index (χ2n) is 7.51. The van der Waals surface area contributed by atoms with E-state index in [-0.39, 0.29) is 30.5 Å². The third kappa shape index (κ3) is 5.39. The van der Waals surface area contributed by atoms with Crippen LogP contribution in [-0.2, 0) is 29.7 Å². The Kier molecular flexibility index (Phi) is 7.25. The quantitative estimate of drug-likeness (QED) is 0.583. The standard InChI is InChI=1S/C21H25Cl2N5O3/c1-12-6-7-28(25-11-17-13(2)26-27(3)20(17)23)21(31)16(12)9-19(30)24-10-14-8-15(22)4-5-18(14)29/h4-5,8,25,29H,6-7,9-11H2,1-3H3,(H,24,30). The van der Waals surface area contributed by atoms with E-state index in [9.17, 15) is 14.7 Å². The van der Waals surface area contributed by atoms with Gasteiger partial charge in [0, 0.05) is 48.4 Å². The predicted molar refractivity (Wildman–Crippen MR) is 118 cm³/mol. The van der Waals surface area contributed by atoms with Crippen LogP contribution in [0.2, 0.25) is 10.2 Å². The molecule has 2 aromatic rings. The van der Waals surface area contributed by atoms with E-state index in [0.717, 1.165) is 16.8 Å². The molecule has 2 amide bonds. The van der Waals surface area contributed by atoms with Crippen LogP contribution in [0.5, 0.6) is 5.75 Å². The summed E-state index contributed by atoms with van der Waals surface area (Å²) in [6, 6.07) is 4.63. The van der Waals surface area contributed by atoms with Gasteiger partial charge in [-0.15, -0.1) is 0 Å². The molecule has 10 heteroatoms. The molecule has 0 bridgehead atoms. The van der Waals surface area contributed by atoms with E-state index in [1.54, 1.807) is 23.9 Å². The van der Waals surface area contributed by atoms with Crippen molar-refractivity contribution in [2.24, 2.45) is 7.05 Å². The Hall–Kier alpha value is -2.55. The van der Waals surface area contributed by atoms with Crippen LogP contribution in [0.4, 0.5) is 0 Å². The first-order valence-corrected chi connectivity index (χ1v) is 10.6. The molecule has 1 aliphatic rings. The van der Waals surface area contributed by atoms with Crippen molar-refractivity contribution in [1.29, 1.82) is 0 Å². The van der Waals surface area contributed by atoms with Crippen molar-refractivity contribution in [2.75, 3.05) is 6.54 Å². The van der Waals surface area contributed by atoms with Gasteiger partial charge in [-0.05, 0) is 38.5 Å². The summed E-state index contributed by atoms with van der Waals surface area (Å²) in [6.07, 6.45) is 0.618. The lowest BCUT2D eigenvalue weighted by Crippen LogP contribution is -2.47. The monoisotopic (exact) mass is 465 g/mol. The fraction of sp³-hybridized carbons (Fsp3) is 0.381. The van der Waals surface area contributed by atoms with Crippen molar-refractivity contribution in [3.05, 3.63) is 56.3 Å². The molecular weight excluding hydrogens is 441 g/mol. The number of nitrogens with zero attached hydrogens (tertiary/aromatic N) is 3. The topological polar surface area (TPSA) is 99.5 Å². The average molecular weight is 466 g/mol. The van der Waals surface area contributed by atoms with E-state index in [1.165, 1.54) is 11.1 Å². The number of hydrogen-bond donors (Lipinski definition) is 3. The number of carbonyl (C=O) groups is 2. The maximum atomic E-state index is 13.0. The Morgan fingerprint density at radius 3 is 2.68 bits per heavy atom. The van der Waals surface area contributed by atoms with Gasteiger partial charge in [0.15, 0.2) is 0 Å².